The molecule has 0 aliphatic carbocycles. The SMILES string of the molecule is O=C([O-])c1ccccc1OCC[NH+]1CCCCC1. The molecule has 1 fully saturated rings. The van der Waals surface area contributed by atoms with Gasteiger partial charge in [0.15, 0.2) is 0 Å². The fourth-order valence-corrected chi connectivity index (χ4v) is 2.37. The van der Waals surface area contributed by atoms with Gasteiger partial charge in [-0.25, -0.2) is 0 Å². The van der Waals surface area contributed by atoms with Crippen LogP contribution in [0, 0.1) is 0 Å². The normalized spacial score (nSPS) is 16.4. The van der Waals surface area contributed by atoms with Crippen molar-refractivity contribution >= 4 is 5.97 Å². The molecule has 0 amide bonds. The Morgan fingerprint density at radius 3 is 2.67 bits per heavy atom. The molecule has 1 heterocycles. The number of ether oxygens (including phenoxy) is 1. The molecule has 0 saturated carbocycles. The van der Waals surface area contributed by atoms with E-state index in [9.17, 15) is 9.90 Å². The first kappa shape index (κ1) is 12.9. The summed E-state index contributed by atoms with van der Waals surface area (Å²) < 4.78 is 5.56. The number of carbonyl (C=O) groups is 1. The minimum atomic E-state index is -1.18. The summed E-state index contributed by atoms with van der Waals surface area (Å²) in [5.74, 6) is -0.773. The minimum Gasteiger partial charge on any atom is -0.545 e. The number of likely N-dealkylation sites (tertiary alicyclic amines) is 1. The van der Waals surface area contributed by atoms with Crippen molar-refractivity contribution in [3.8, 4) is 5.75 Å². The van der Waals surface area contributed by atoms with Crippen molar-refractivity contribution in [2.24, 2.45) is 0 Å². The Kier molecular flexibility index (Phi) is 4.59. The molecule has 1 saturated heterocycles. The second-order valence-electron chi connectivity index (χ2n) is 4.69. The number of hydrogen-bond donors (Lipinski definition) is 1. The lowest BCUT2D eigenvalue weighted by Crippen LogP contribution is -3.13. The third-order valence-corrected chi connectivity index (χ3v) is 3.38. The molecule has 0 atom stereocenters. The molecule has 1 aromatic rings. The Balaban J connectivity index is 1.84. The molecule has 1 N–H and O–H groups in total. The van der Waals surface area contributed by atoms with Gasteiger partial charge < -0.3 is 19.5 Å². The van der Waals surface area contributed by atoms with Crippen LogP contribution in [0.25, 0.3) is 0 Å². The topological polar surface area (TPSA) is 53.8 Å². The summed E-state index contributed by atoms with van der Waals surface area (Å²) in [5.41, 5.74) is 0.131. The van der Waals surface area contributed by atoms with E-state index >= 15 is 0 Å². The second-order valence-corrected chi connectivity index (χ2v) is 4.69. The zero-order valence-corrected chi connectivity index (χ0v) is 10.5. The molecule has 4 nitrogen and oxygen atoms in total. The van der Waals surface area contributed by atoms with Gasteiger partial charge in [-0.1, -0.05) is 12.1 Å². The van der Waals surface area contributed by atoms with Crippen molar-refractivity contribution in [2.45, 2.75) is 19.3 Å². The van der Waals surface area contributed by atoms with Gasteiger partial charge in [-0.15, -0.1) is 0 Å². The fraction of sp³-hybridized carbons (Fsp3) is 0.500. The van der Waals surface area contributed by atoms with Crippen LogP contribution in [0.4, 0.5) is 0 Å². The lowest BCUT2D eigenvalue weighted by Gasteiger charge is -2.23. The smallest absolute Gasteiger partial charge is 0.137 e. The third-order valence-electron chi connectivity index (χ3n) is 3.38. The van der Waals surface area contributed by atoms with Gasteiger partial charge in [0.2, 0.25) is 0 Å². The monoisotopic (exact) mass is 249 g/mol. The van der Waals surface area contributed by atoms with Crippen molar-refractivity contribution in [1.29, 1.82) is 0 Å². The van der Waals surface area contributed by atoms with Crippen LogP contribution in [0.3, 0.4) is 0 Å². The molecular weight excluding hydrogens is 230 g/mol. The first-order valence-corrected chi connectivity index (χ1v) is 6.54. The van der Waals surface area contributed by atoms with Gasteiger partial charge in [-0.05, 0) is 31.4 Å². The largest absolute Gasteiger partial charge is 0.545 e. The predicted molar refractivity (Wildman–Crippen MR) is 65.7 cm³/mol. The van der Waals surface area contributed by atoms with Crippen LogP contribution in [0.5, 0.6) is 5.75 Å². The fourth-order valence-electron chi connectivity index (χ4n) is 2.37. The van der Waals surface area contributed by atoms with Crippen LogP contribution in [-0.4, -0.2) is 32.2 Å². The lowest BCUT2D eigenvalue weighted by atomic mass is 10.1. The van der Waals surface area contributed by atoms with Crippen molar-refractivity contribution in [3.63, 3.8) is 0 Å². The maximum atomic E-state index is 10.9. The van der Waals surface area contributed by atoms with E-state index in [1.165, 1.54) is 38.4 Å². The average Bonchev–Trinajstić information content (AvgIpc) is 2.40. The van der Waals surface area contributed by atoms with Crippen LogP contribution in [0.2, 0.25) is 0 Å². The van der Waals surface area contributed by atoms with E-state index in [0.717, 1.165) is 6.54 Å². The molecule has 18 heavy (non-hydrogen) atoms. The number of para-hydroxylation sites is 1. The zero-order chi connectivity index (χ0) is 12.8. The number of quaternary nitrogens is 1. The van der Waals surface area contributed by atoms with Gasteiger partial charge in [0.1, 0.15) is 18.9 Å². The quantitative estimate of drug-likeness (QED) is 0.765. The van der Waals surface area contributed by atoms with E-state index in [4.69, 9.17) is 4.74 Å². The maximum absolute atomic E-state index is 10.9. The second kappa shape index (κ2) is 6.40. The van der Waals surface area contributed by atoms with Crippen molar-refractivity contribution in [2.75, 3.05) is 26.2 Å². The molecular formula is C14H19NO3. The van der Waals surface area contributed by atoms with Gasteiger partial charge >= 0.3 is 0 Å². The van der Waals surface area contributed by atoms with E-state index < -0.39 is 5.97 Å². The first-order valence-electron chi connectivity index (χ1n) is 6.54. The average molecular weight is 249 g/mol. The number of carbonyl (C=O) groups excluding carboxylic acids is 1. The number of nitrogens with one attached hydrogen (secondary N) is 1. The summed E-state index contributed by atoms with van der Waals surface area (Å²) in [6.45, 7) is 3.89. The van der Waals surface area contributed by atoms with Crippen LogP contribution in [0.15, 0.2) is 24.3 Å². The molecule has 0 aromatic heterocycles. The highest BCUT2D eigenvalue weighted by atomic mass is 16.5. The highest BCUT2D eigenvalue weighted by Gasteiger charge is 2.13. The Bertz CT molecular complexity index is 400. The summed E-state index contributed by atoms with van der Waals surface area (Å²) in [6.07, 6.45) is 3.90. The number of carboxylic acids is 1. The molecule has 0 radical (unpaired) electrons. The van der Waals surface area contributed by atoms with Gasteiger partial charge in [0.05, 0.1) is 19.1 Å². The van der Waals surface area contributed by atoms with Gasteiger partial charge in [-0.2, -0.15) is 0 Å². The van der Waals surface area contributed by atoms with E-state index in [1.807, 2.05) is 0 Å². The highest BCUT2D eigenvalue weighted by molar-refractivity contribution is 5.89. The number of carboxylic acid groups (broad SMARTS) is 1. The van der Waals surface area contributed by atoms with Crippen LogP contribution in [0.1, 0.15) is 29.6 Å². The summed E-state index contributed by atoms with van der Waals surface area (Å²) in [6, 6.07) is 6.64. The number of rotatable bonds is 5. The Morgan fingerprint density at radius 2 is 1.94 bits per heavy atom. The molecule has 0 unspecified atom stereocenters. The van der Waals surface area contributed by atoms with E-state index in [0.29, 0.717) is 12.4 Å². The Hall–Kier alpha value is -1.55. The molecule has 1 aliphatic rings. The van der Waals surface area contributed by atoms with Crippen molar-refractivity contribution in [1.82, 2.24) is 0 Å². The molecule has 2 rings (SSSR count). The number of piperidine rings is 1. The molecule has 0 bridgehead atoms. The van der Waals surface area contributed by atoms with E-state index in [2.05, 4.69) is 0 Å². The van der Waals surface area contributed by atoms with Crippen molar-refractivity contribution in [3.05, 3.63) is 29.8 Å². The van der Waals surface area contributed by atoms with Gasteiger partial charge in [-0.3, -0.25) is 0 Å². The summed E-state index contributed by atoms with van der Waals surface area (Å²) in [5, 5.41) is 10.9. The van der Waals surface area contributed by atoms with Crippen LogP contribution >= 0.6 is 0 Å². The lowest BCUT2D eigenvalue weighted by molar-refractivity contribution is -0.904. The molecule has 1 aromatic carbocycles. The minimum absolute atomic E-state index is 0.131. The van der Waals surface area contributed by atoms with Crippen LogP contribution in [-0.2, 0) is 0 Å². The zero-order valence-electron chi connectivity index (χ0n) is 10.5. The number of hydrogen-bond acceptors (Lipinski definition) is 3. The van der Waals surface area contributed by atoms with E-state index in [-0.39, 0.29) is 5.56 Å². The number of aromatic carboxylic acids is 1. The van der Waals surface area contributed by atoms with E-state index in [1.54, 1.807) is 23.1 Å². The molecule has 98 valence electrons. The summed E-state index contributed by atoms with van der Waals surface area (Å²) in [7, 11) is 0. The summed E-state index contributed by atoms with van der Waals surface area (Å²) in [4.78, 5) is 12.4. The Morgan fingerprint density at radius 1 is 1.22 bits per heavy atom. The molecule has 0 spiro atoms. The molecule has 4 heteroatoms. The Labute approximate surface area is 107 Å². The highest BCUT2D eigenvalue weighted by Crippen LogP contribution is 2.16. The maximum Gasteiger partial charge on any atom is 0.137 e. The predicted octanol–water partition coefficient (Wildman–Crippen LogP) is -0.502. The van der Waals surface area contributed by atoms with Crippen molar-refractivity contribution < 1.29 is 19.5 Å². The first-order chi connectivity index (χ1) is 8.77. The van der Waals surface area contributed by atoms with Gasteiger partial charge in [0.25, 0.3) is 0 Å². The molecule has 1 aliphatic heterocycles. The van der Waals surface area contributed by atoms with Crippen LogP contribution < -0.4 is 14.7 Å². The third kappa shape index (κ3) is 3.47. The van der Waals surface area contributed by atoms with Gasteiger partial charge in [0, 0.05) is 5.56 Å². The summed E-state index contributed by atoms with van der Waals surface area (Å²) >= 11 is 0. The standard InChI is InChI=1S/C14H19NO3/c16-14(17)12-6-2-3-7-13(12)18-11-10-15-8-4-1-5-9-15/h2-3,6-7H,1,4-5,8-11H2,(H,16,17). The number of benzene rings is 1.